The van der Waals surface area contributed by atoms with Crippen LogP contribution in [0.3, 0.4) is 0 Å². The molecule has 0 amide bonds. The summed E-state index contributed by atoms with van der Waals surface area (Å²) >= 11 is 0. The maximum atomic E-state index is 2.56. The highest BCUT2D eigenvalue weighted by Gasteiger charge is 2.47. The van der Waals surface area contributed by atoms with E-state index in [0.717, 1.165) is 22.7 Å². The highest BCUT2D eigenvalue weighted by molar-refractivity contribution is 6.15. The highest BCUT2D eigenvalue weighted by atomic mass is 15.2. The van der Waals surface area contributed by atoms with Crippen molar-refractivity contribution in [3.8, 4) is 27.9 Å². The molecule has 0 bridgehead atoms. The number of benzene rings is 8. The van der Waals surface area contributed by atoms with Gasteiger partial charge in [0.25, 0.3) is 0 Å². The van der Waals surface area contributed by atoms with E-state index in [1.165, 1.54) is 66.3 Å². The molecule has 0 radical (unpaired) electrons. The first-order valence-electron chi connectivity index (χ1n) is 20.8. The molecule has 2 aliphatic carbocycles. The van der Waals surface area contributed by atoms with E-state index in [1.54, 1.807) is 0 Å². The Morgan fingerprint density at radius 1 is 0.475 bits per heavy atom. The van der Waals surface area contributed by atoms with Gasteiger partial charge in [-0.05, 0) is 81.1 Å². The van der Waals surface area contributed by atoms with Gasteiger partial charge < -0.3 is 9.47 Å². The zero-order valence-electron chi connectivity index (χ0n) is 33.3. The number of rotatable bonds is 7. The topological polar surface area (TPSA) is 8.17 Å². The van der Waals surface area contributed by atoms with Gasteiger partial charge in [-0.1, -0.05) is 196 Å². The average molecular weight is 757 g/mol. The van der Waals surface area contributed by atoms with Crippen molar-refractivity contribution >= 4 is 44.4 Å². The number of hydrogen-bond donors (Lipinski definition) is 0. The van der Waals surface area contributed by atoms with Crippen molar-refractivity contribution < 1.29 is 0 Å². The van der Waals surface area contributed by atoms with Gasteiger partial charge in [0.2, 0.25) is 0 Å². The zero-order valence-corrected chi connectivity index (χ0v) is 33.3. The second-order valence-corrected chi connectivity index (χ2v) is 16.5. The Morgan fingerprint density at radius 3 is 1.85 bits per heavy atom. The molecule has 1 heterocycles. The van der Waals surface area contributed by atoms with E-state index in [9.17, 15) is 0 Å². The lowest BCUT2D eigenvalue weighted by Gasteiger charge is -2.35. The van der Waals surface area contributed by atoms with Crippen LogP contribution in [0, 0.1) is 5.92 Å². The molecule has 0 saturated heterocycles. The fourth-order valence-electron chi connectivity index (χ4n) is 10.3. The van der Waals surface area contributed by atoms with Crippen molar-refractivity contribution in [2.75, 3.05) is 4.90 Å². The van der Waals surface area contributed by atoms with Gasteiger partial charge in [0, 0.05) is 33.5 Å². The quantitative estimate of drug-likeness (QED) is 0.157. The Balaban J connectivity index is 1.23. The van der Waals surface area contributed by atoms with Gasteiger partial charge in [-0.15, -0.1) is 0 Å². The number of hydrogen-bond acceptors (Lipinski definition) is 1. The molecule has 2 unspecified atom stereocenters. The lowest BCUT2D eigenvalue weighted by molar-refractivity contribution is 0.399. The van der Waals surface area contributed by atoms with Crippen LogP contribution in [0.15, 0.2) is 218 Å². The van der Waals surface area contributed by atoms with Gasteiger partial charge in [0.05, 0.1) is 28.1 Å². The van der Waals surface area contributed by atoms with Crippen LogP contribution in [-0.2, 0) is 5.41 Å². The Morgan fingerprint density at radius 2 is 1.05 bits per heavy atom. The molecule has 0 spiro atoms. The highest BCUT2D eigenvalue weighted by Crippen LogP contribution is 2.59. The van der Waals surface area contributed by atoms with Crippen molar-refractivity contribution in [1.29, 1.82) is 0 Å². The summed E-state index contributed by atoms with van der Waals surface area (Å²) < 4.78 is 2.46. The normalized spacial score (nSPS) is 16.5. The Bertz CT molecular complexity index is 3090. The summed E-state index contributed by atoms with van der Waals surface area (Å²) in [6, 6.07) is 73.4. The van der Waals surface area contributed by atoms with Gasteiger partial charge in [-0.2, -0.15) is 0 Å². The molecule has 2 heteroatoms. The lowest BCUT2D eigenvalue weighted by Crippen LogP contribution is -2.26. The summed E-state index contributed by atoms with van der Waals surface area (Å²) in [4.78, 5) is 2.56. The van der Waals surface area contributed by atoms with Crippen LogP contribution < -0.4 is 4.90 Å². The predicted octanol–water partition coefficient (Wildman–Crippen LogP) is 15.2. The fraction of sp³-hybridized carbons (Fsp3) is 0.0877. The van der Waals surface area contributed by atoms with E-state index in [0.29, 0.717) is 5.92 Å². The monoisotopic (exact) mass is 756 g/mol. The van der Waals surface area contributed by atoms with Gasteiger partial charge in [-0.25, -0.2) is 0 Å². The Kier molecular flexibility index (Phi) is 8.34. The maximum absolute atomic E-state index is 2.56. The predicted molar refractivity (Wildman–Crippen MR) is 249 cm³/mol. The molecule has 59 heavy (non-hydrogen) atoms. The molecular formula is C57H44N2. The minimum absolute atomic E-state index is 0.00185. The number of fused-ring (bicyclic) bond motifs is 6. The van der Waals surface area contributed by atoms with Gasteiger partial charge >= 0.3 is 0 Å². The number of nitrogens with zero attached hydrogens (tertiary/aromatic N) is 2. The van der Waals surface area contributed by atoms with Crippen molar-refractivity contribution in [2.24, 2.45) is 5.92 Å². The molecule has 0 fully saturated rings. The summed E-state index contributed by atoms with van der Waals surface area (Å²) in [5, 5.41) is 2.45. The van der Waals surface area contributed by atoms with E-state index in [1.807, 2.05) is 0 Å². The minimum atomic E-state index is 0.00185. The second kappa shape index (κ2) is 14.0. The van der Waals surface area contributed by atoms with Gasteiger partial charge in [-0.3, -0.25) is 0 Å². The average Bonchev–Trinajstić information content (AvgIpc) is 3.76. The number of para-hydroxylation sites is 5. The Hall–Kier alpha value is -7.16. The molecule has 0 saturated carbocycles. The zero-order chi connectivity index (χ0) is 39.5. The first-order chi connectivity index (χ1) is 29.1. The SMILES string of the molecule is CC1(C)c2ccccc2C2C(c3ccccc3N(c3ccccc3-c3ccccc3-c3ccccc3)c3cccc4c5ccccc5n(-c5ccccc5)c34)=CC=CC21. The Labute approximate surface area is 346 Å². The number of anilines is 3. The van der Waals surface area contributed by atoms with Gasteiger partial charge in [0.15, 0.2) is 0 Å². The van der Waals surface area contributed by atoms with Crippen LogP contribution in [-0.4, -0.2) is 4.57 Å². The van der Waals surface area contributed by atoms with E-state index in [2.05, 4.69) is 242 Å². The summed E-state index contributed by atoms with van der Waals surface area (Å²) in [5.41, 5.74) is 17.1. The second-order valence-electron chi connectivity index (χ2n) is 16.5. The van der Waals surface area contributed by atoms with Crippen LogP contribution in [0.25, 0.3) is 55.3 Å². The standard InChI is InChI=1S/C57H44N2/c1-57(2)49-33-15-11-30-48(49)55-46(31-19-34-50(55)57)44-28-13-18-37-53(44)59(52-36-17-12-27-43(52)42-26-10-9-25-41(42)39-21-5-3-6-22-39)54-38-20-32-47-45-29-14-16-35-51(45)58(56(47)54)40-23-7-4-8-24-40/h3-38,50,55H,1-2H3. The summed E-state index contributed by atoms with van der Waals surface area (Å²) in [5.74, 6) is 0.574. The van der Waals surface area contributed by atoms with Crippen molar-refractivity contribution in [2.45, 2.75) is 25.2 Å². The lowest BCUT2D eigenvalue weighted by atomic mass is 9.71. The fourth-order valence-corrected chi connectivity index (χ4v) is 10.3. The van der Waals surface area contributed by atoms with E-state index < -0.39 is 0 Å². The maximum Gasteiger partial charge on any atom is 0.0782 e. The molecular weight excluding hydrogens is 713 g/mol. The summed E-state index contributed by atoms with van der Waals surface area (Å²) in [6.07, 6.45) is 7.14. The third kappa shape index (κ3) is 5.55. The van der Waals surface area contributed by atoms with Crippen molar-refractivity contribution in [3.63, 3.8) is 0 Å². The van der Waals surface area contributed by atoms with Crippen molar-refractivity contribution in [1.82, 2.24) is 4.57 Å². The van der Waals surface area contributed by atoms with E-state index in [-0.39, 0.29) is 11.3 Å². The van der Waals surface area contributed by atoms with Crippen LogP contribution in [0.2, 0.25) is 0 Å². The smallest absolute Gasteiger partial charge is 0.0782 e. The molecule has 0 aliphatic heterocycles. The minimum Gasteiger partial charge on any atom is -0.307 e. The van der Waals surface area contributed by atoms with Gasteiger partial charge in [0.1, 0.15) is 0 Å². The molecule has 11 rings (SSSR count). The summed E-state index contributed by atoms with van der Waals surface area (Å²) in [6.45, 7) is 4.84. The number of aromatic nitrogens is 1. The molecule has 1 aromatic heterocycles. The van der Waals surface area contributed by atoms with E-state index >= 15 is 0 Å². The van der Waals surface area contributed by atoms with Crippen LogP contribution >= 0.6 is 0 Å². The first kappa shape index (κ1) is 35.0. The largest absolute Gasteiger partial charge is 0.307 e. The third-order valence-corrected chi connectivity index (χ3v) is 12.9. The molecule has 0 N–H and O–H groups in total. The third-order valence-electron chi connectivity index (χ3n) is 12.9. The molecule has 8 aromatic carbocycles. The number of allylic oxidation sites excluding steroid dienone is 4. The molecule has 2 atom stereocenters. The first-order valence-corrected chi connectivity index (χ1v) is 20.8. The molecule has 2 nitrogen and oxygen atoms in total. The molecule has 9 aromatic rings. The summed E-state index contributed by atoms with van der Waals surface area (Å²) in [7, 11) is 0. The van der Waals surface area contributed by atoms with Crippen molar-refractivity contribution in [3.05, 3.63) is 235 Å². The van der Waals surface area contributed by atoms with Crippen LogP contribution in [0.5, 0.6) is 0 Å². The molecule has 282 valence electrons. The molecule has 2 aliphatic rings. The van der Waals surface area contributed by atoms with E-state index in [4.69, 9.17) is 0 Å². The van der Waals surface area contributed by atoms with Crippen LogP contribution in [0.1, 0.15) is 36.5 Å². The van der Waals surface area contributed by atoms with Crippen LogP contribution in [0.4, 0.5) is 17.1 Å².